The van der Waals surface area contributed by atoms with Crippen LogP contribution < -0.4 is 4.72 Å². The molecule has 0 saturated heterocycles. The van der Waals surface area contributed by atoms with Crippen molar-refractivity contribution in [3.63, 3.8) is 0 Å². The minimum absolute atomic E-state index is 0.0441. The maximum absolute atomic E-state index is 11.9. The second-order valence-electron chi connectivity index (χ2n) is 4.23. The molecule has 0 unspecified atom stereocenters. The van der Waals surface area contributed by atoms with Crippen LogP contribution in [0.5, 0.6) is 0 Å². The third-order valence-corrected chi connectivity index (χ3v) is 5.09. The maximum Gasteiger partial charge on any atom is 0.338 e. The number of aromatic nitrogens is 2. The molecule has 1 heterocycles. The Morgan fingerprint density at radius 2 is 2.09 bits per heavy atom. The minimum Gasteiger partial charge on any atom is -0.455 e. The van der Waals surface area contributed by atoms with Crippen LogP contribution in [0, 0.1) is 0 Å². The maximum atomic E-state index is 11.9. The molecule has 0 aliphatic rings. The molecule has 122 valence electrons. The van der Waals surface area contributed by atoms with E-state index in [-0.39, 0.29) is 23.6 Å². The van der Waals surface area contributed by atoms with E-state index in [1.807, 2.05) is 0 Å². The third-order valence-electron chi connectivity index (χ3n) is 2.67. The summed E-state index contributed by atoms with van der Waals surface area (Å²) < 4.78 is 35.1. The summed E-state index contributed by atoms with van der Waals surface area (Å²) in [6.07, 6.45) is 1.43. The first-order valence-corrected chi connectivity index (χ1v) is 8.92. The lowest BCUT2D eigenvalue weighted by Crippen LogP contribution is -2.23. The number of nitrogens with zero attached hydrogens (tertiary/aromatic N) is 2. The molecule has 1 aromatic carbocycles. The number of hydrogen-bond acceptors (Lipinski definition) is 7. The van der Waals surface area contributed by atoms with Crippen molar-refractivity contribution in [2.75, 3.05) is 6.54 Å². The van der Waals surface area contributed by atoms with Crippen molar-refractivity contribution in [2.24, 2.45) is 0 Å². The quantitative estimate of drug-likeness (QED) is 0.588. The van der Waals surface area contributed by atoms with Gasteiger partial charge < -0.3 is 4.74 Å². The smallest absolute Gasteiger partial charge is 0.338 e. The van der Waals surface area contributed by atoms with Crippen molar-refractivity contribution < 1.29 is 17.9 Å². The average molecular weight is 374 g/mol. The average Bonchev–Trinajstić information content (AvgIpc) is 2.96. The molecule has 0 amide bonds. The van der Waals surface area contributed by atoms with Gasteiger partial charge in [-0.05, 0) is 24.3 Å². The molecule has 0 saturated carbocycles. The number of esters is 1. The number of benzene rings is 1. The molecule has 0 aliphatic carbocycles. The first kappa shape index (κ1) is 17.5. The van der Waals surface area contributed by atoms with E-state index in [9.17, 15) is 13.2 Å². The molecule has 0 bridgehead atoms. The van der Waals surface area contributed by atoms with E-state index in [0.29, 0.717) is 10.0 Å². The van der Waals surface area contributed by atoms with E-state index < -0.39 is 16.0 Å². The fraction of sp³-hybridized carbons (Fsp3) is 0.154. The molecule has 0 fully saturated rings. The number of halogens is 1. The van der Waals surface area contributed by atoms with Crippen LogP contribution in [0.3, 0.4) is 0 Å². The molecular formula is C13H12ClN3O4S2. The summed E-state index contributed by atoms with van der Waals surface area (Å²) in [7, 11) is -3.63. The zero-order valence-electron chi connectivity index (χ0n) is 11.7. The summed E-state index contributed by atoms with van der Waals surface area (Å²) in [4.78, 5) is 11.9. The summed E-state index contributed by atoms with van der Waals surface area (Å²) in [6, 6.07) is 5.37. The van der Waals surface area contributed by atoms with Gasteiger partial charge in [-0.3, -0.25) is 0 Å². The normalized spacial score (nSPS) is 11.2. The Morgan fingerprint density at radius 3 is 2.65 bits per heavy atom. The standard InChI is InChI=1S/C13H12ClN3O4S2/c1-2-7-15-23(19,20)10-5-3-9(4-6-10)13(18)21-8-11-12(14)22-17-16-11/h2-6,15H,1,7-8H2. The molecule has 2 aromatic rings. The molecule has 0 aliphatic heterocycles. The Balaban J connectivity index is 2.02. The number of nitrogens with one attached hydrogen (secondary N) is 1. The first-order valence-electron chi connectivity index (χ1n) is 6.28. The van der Waals surface area contributed by atoms with Crippen LogP contribution in [-0.2, 0) is 21.4 Å². The predicted octanol–water partition coefficient (Wildman–Crippen LogP) is 2.01. The molecule has 0 radical (unpaired) electrons. The van der Waals surface area contributed by atoms with Crippen LogP contribution in [-0.4, -0.2) is 30.5 Å². The van der Waals surface area contributed by atoms with Gasteiger partial charge in [0.05, 0.1) is 10.5 Å². The van der Waals surface area contributed by atoms with E-state index in [1.54, 1.807) is 0 Å². The van der Waals surface area contributed by atoms with Gasteiger partial charge in [-0.25, -0.2) is 17.9 Å². The second kappa shape index (κ2) is 7.64. The zero-order chi connectivity index (χ0) is 16.9. The number of ether oxygens (including phenoxy) is 1. The van der Waals surface area contributed by atoms with Gasteiger partial charge in [0.25, 0.3) is 0 Å². The van der Waals surface area contributed by atoms with Gasteiger partial charge in [-0.2, -0.15) is 0 Å². The highest BCUT2D eigenvalue weighted by molar-refractivity contribution is 7.89. The van der Waals surface area contributed by atoms with E-state index in [0.717, 1.165) is 11.5 Å². The Labute approximate surface area is 142 Å². The zero-order valence-corrected chi connectivity index (χ0v) is 14.1. The summed E-state index contributed by atoms with van der Waals surface area (Å²) in [5.74, 6) is -0.614. The van der Waals surface area contributed by atoms with Crippen molar-refractivity contribution >= 4 is 39.1 Å². The Kier molecular flexibility index (Phi) is 5.83. The van der Waals surface area contributed by atoms with E-state index >= 15 is 0 Å². The summed E-state index contributed by atoms with van der Waals surface area (Å²) in [6.45, 7) is 3.45. The first-order chi connectivity index (χ1) is 10.9. The molecule has 23 heavy (non-hydrogen) atoms. The number of rotatable bonds is 7. The second-order valence-corrected chi connectivity index (χ2v) is 7.36. The molecule has 0 atom stereocenters. The summed E-state index contributed by atoms with van der Waals surface area (Å²) in [5, 5.41) is 3.72. The minimum atomic E-state index is -3.63. The van der Waals surface area contributed by atoms with E-state index in [1.165, 1.54) is 30.3 Å². The molecule has 0 spiro atoms. The van der Waals surface area contributed by atoms with Crippen molar-refractivity contribution in [1.29, 1.82) is 0 Å². The highest BCUT2D eigenvalue weighted by Gasteiger charge is 2.15. The number of sulfonamides is 1. The van der Waals surface area contributed by atoms with E-state index in [2.05, 4.69) is 20.9 Å². The van der Waals surface area contributed by atoms with Crippen LogP contribution in [0.1, 0.15) is 16.1 Å². The Bertz CT molecular complexity index is 803. The predicted molar refractivity (Wildman–Crippen MR) is 85.9 cm³/mol. The lowest BCUT2D eigenvalue weighted by Gasteiger charge is -2.06. The number of carbonyl (C=O) groups excluding carboxylic acids is 1. The van der Waals surface area contributed by atoms with Gasteiger partial charge in [0.15, 0.2) is 0 Å². The van der Waals surface area contributed by atoms with Gasteiger partial charge in [0.1, 0.15) is 16.6 Å². The van der Waals surface area contributed by atoms with E-state index in [4.69, 9.17) is 16.3 Å². The highest BCUT2D eigenvalue weighted by atomic mass is 35.5. The SMILES string of the molecule is C=CCNS(=O)(=O)c1ccc(C(=O)OCc2nnsc2Cl)cc1. The van der Waals surface area contributed by atoms with Gasteiger partial charge in [-0.15, -0.1) is 11.7 Å². The lowest BCUT2D eigenvalue weighted by molar-refractivity contribution is 0.0468. The van der Waals surface area contributed by atoms with Gasteiger partial charge in [-0.1, -0.05) is 22.2 Å². The van der Waals surface area contributed by atoms with Crippen LogP contribution in [0.15, 0.2) is 41.8 Å². The van der Waals surface area contributed by atoms with Crippen LogP contribution in [0.25, 0.3) is 0 Å². The molecule has 7 nitrogen and oxygen atoms in total. The van der Waals surface area contributed by atoms with Crippen molar-refractivity contribution in [1.82, 2.24) is 14.3 Å². The topological polar surface area (TPSA) is 98.2 Å². The van der Waals surface area contributed by atoms with Crippen LogP contribution >= 0.6 is 23.1 Å². The lowest BCUT2D eigenvalue weighted by atomic mass is 10.2. The molecule has 2 rings (SSSR count). The highest BCUT2D eigenvalue weighted by Crippen LogP contribution is 2.18. The molecule has 1 N–H and O–H groups in total. The van der Waals surface area contributed by atoms with Crippen LogP contribution in [0.2, 0.25) is 4.34 Å². The number of carbonyl (C=O) groups is 1. The largest absolute Gasteiger partial charge is 0.455 e. The molecule has 10 heteroatoms. The van der Waals surface area contributed by atoms with Gasteiger partial charge in [0.2, 0.25) is 10.0 Å². The van der Waals surface area contributed by atoms with Crippen molar-refractivity contribution in [3.8, 4) is 0 Å². The number of hydrogen-bond donors (Lipinski definition) is 1. The molecular weight excluding hydrogens is 362 g/mol. The Morgan fingerprint density at radius 1 is 1.39 bits per heavy atom. The third kappa shape index (κ3) is 4.58. The Hall–Kier alpha value is -1.81. The van der Waals surface area contributed by atoms with Gasteiger partial charge in [0, 0.05) is 18.1 Å². The fourth-order valence-corrected chi connectivity index (χ4v) is 3.12. The van der Waals surface area contributed by atoms with Crippen LogP contribution in [0.4, 0.5) is 0 Å². The molecule has 1 aromatic heterocycles. The monoisotopic (exact) mass is 373 g/mol. The fourth-order valence-electron chi connectivity index (χ4n) is 1.52. The van der Waals surface area contributed by atoms with Crippen molar-refractivity contribution in [3.05, 3.63) is 52.5 Å². The van der Waals surface area contributed by atoms with Crippen molar-refractivity contribution in [2.45, 2.75) is 11.5 Å². The summed E-state index contributed by atoms with van der Waals surface area (Å²) in [5.41, 5.74) is 0.588. The van der Waals surface area contributed by atoms with Gasteiger partial charge >= 0.3 is 5.97 Å². The summed E-state index contributed by atoms with van der Waals surface area (Å²) >= 11 is 6.80.